The molecule has 1 aromatic heterocycles. The van der Waals surface area contributed by atoms with Gasteiger partial charge in [-0.05, 0) is 13.8 Å². The van der Waals surface area contributed by atoms with E-state index in [1.807, 2.05) is 13.8 Å². The van der Waals surface area contributed by atoms with E-state index >= 15 is 0 Å². The Kier molecular flexibility index (Phi) is 5.80. The van der Waals surface area contributed by atoms with Crippen LogP contribution in [0.4, 0.5) is 10.5 Å². The quantitative estimate of drug-likeness (QED) is 0.632. The molecule has 0 bridgehead atoms. The Morgan fingerprint density at radius 1 is 1.53 bits per heavy atom. The first-order chi connectivity index (χ1) is 8.99. The summed E-state index contributed by atoms with van der Waals surface area (Å²) in [5, 5.41) is 17.6. The number of aliphatic carboxylic acids is 1. The van der Waals surface area contributed by atoms with E-state index in [-0.39, 0.29) is 31.8 Å². The number of carbonyl (C=O) groups is 2. The van der Waals surface area contributed by atoms with Gasteiger partial charge in [0.15, 0.2) is 0 Å². The van der Waals surface area contributed by atoms with Crippen LogP contribution in [0.2, 0.25) is 0 Å². The predicted octanol–water partition coefficient (Wildman–Crippen LogP) is 0.687. The molecule has 0 radical (unpaired) electrons. The zero-order valence-electron chi connectivity index (χ0n) is 10.9. The van der Waals surface area contributed by atoms with Crippen LogP contribution in [0, 0.1) is 0 Å². The highest BCUT2D eigenvalue weighted by Gasteiger charge is 2.05. The maximum atomic E-state index is 11.5. The third-order valence-electron chi connectivity index (χ3n) is 2.15. The molecule has 0 aliphatic carbocycles. The van der Waals surface area contributed by atoms with Crippen molar-refractivity contribution in [3.05, 3.63) is 12.4 Å². The molecular formula is C11H18N4O4. The van der Waals surface area contributed by atoms with Crippen molar-refractivity contribution in [3.63, 3.8) is 0 Å². The number of carboxylic acids is 1. The number of nitrogens with one attached hydrogen (secondary N) is 2. The maximum Gasteiger partial charge on any atom is 0.329 e. The molecule has 0 aromatic carbocycles. The smallest absolute Gasteiger partial charge is 0.329 e. The second kappa shape index (κ2) is 7.37. The lowest BCUT2D eigenvalue weighted by atomic mass is 10.4. The minimum Gasteiger partial charge on any atom is -0.480 e. The Balaban J connectivity index is 2.21. The number of hydrogen-bond acceptors (Lipinski definition) is 4. The minimum absolute atomic E-state index is 0.144. The van der Waals surface area contributed by atoms with E-state index in [2.05, 4.69) is 15.7 Å². The molecule has 1 aromatic rings. The van der Waals surface area contributed by atoms with Crippen LogP contribution in [0.25, 0.3) is 0 Å². The number of carboxylic acid groups (broad SMARTS) is 1. The highest BCUT2D eigenvalue weighted by atomic mass is 16.5. The lowest BCUT2D eigenvalue weighted by molar-refractivity contribution is -0.142. The summed E-state index contributed by atoms with van der Waals surface area (Å²) in [6.45, 7) is 3.97. The van der Waals surface area contributed by atoms with Crippen molar-refractivity contribution in [3.8, 4) is 0 Å². The lowest BCUT2D eigenvalue weighted by Gasteiger charge is -2.06. The van der Waals surface area contributed by atoms with Crippen LogP contribution in [0.1, 0.15) is 19.9 Å². The monoisotopic (exact) mass is 270 g/mol. The van der Waals surface area contributed by atoms with E-state index in [0.29, 0.717) is 5.69 Å². The molecule has 1 rings (SSSR count). The zero-order chi connectivity index (χ0) is 14.3. The van der Waals surface area contributed by atoms with Gasteiger partial charge in [0.25, 0.3) is 0 Å². The number of anilines is 1. The van der Waals surface area contributed by atoms with Crippen LogP contribution in [0.3, 0.4) is 0 Å². The normalized spacial score (nSPS) is 10.5. The Hall–Kier alpha value is -2.09. The summed E-state index contributed by atoms with van der Waals surface area (Å²) in [4.78, 5) is 21.6. The molecule has 3 N–H and O–H groups in total. The summed E-state index contributed by atoms with van der Waals surface area (Å²) >= 11 is 0. The number of carbonyl (C=O) groups excluding carboxylic acids is 1. The van der Waals surface area contributed by atoms with Crippen molar-refractivity contribution in [2.75, 3.05) is 25.1 Å². The first-order valence-corrected chi connectivity index (χ1v) is 5.87. The van der Waals surface area contributed by atoms with Gasteiger partial charge in [0.1, 0.15) is 6.61 Å². The largest absolute Gasteiger partial charge is 0.480 e. The van der Waals surface area contributed by atoms with Crippen molar-refractivity contribution >= 4 is 17.7 Å². The standard InChI is InChI=1S/C11H18N4O4/c1-8(2)15-6-9(5-13-15)14-11(18)12-3-4-19-7-10(16)17/h5-6,8H,3-4,7H2,1-2H3,(H,16,17)(H2,12,14,18). The van der Waals surface area contributed by atoms with Gasteiger partial charge >= 0.3 is 12.0 Å². The van der Waals surface area contributed by atoms with Crippen molar-refractivity contribution in [1.29, 1.82) is 0 Å². The summed E-state index contributed by atoms with van der Waals surface area (Å²) in [5.74, 6) is -1.04. The summed E-state index contributed by atoms with van der Waals surface area (Å²) in [6, 6.07) is -0.162. The minimum atomic E-state index is -1.04. The molecule has 0 atom stereocenters. The number of urea groups is 1. The molecule has 1 heterocycles. The van der Waals surface area contributed by atoms with Crippen molar-refractivity contribution < 1.29 is 19.4 Å². The molecule has 8 heteroatoms. The first-order valence-electron chi connectivity index (χ1n) is 5.87. The van der Waals surface area contributed by atoms with Crippen molar-refractivity contribution in [1.82, 2.24) is 15.1 Å². The fraction of sp³-hybridized carbons (Fsp3) is 0.545. The summed E-state index contributed by atoms with van der Waals surface area (Å²) < 4.78 is 6.50. The third-order valence-corrected chi connectivity index (χ3v) is 2.15. The van der Waals surface area contributed by atoms with Crippen molar-refractivity contribution in [2.24, 2.45) is 0 Å². The van der Waals surface area contributed by atoms with E-state index in [9.17, 15) is 9.59 Å². The average molecular weight is 270 g/mol. The van der Waals surface area contributed by atoms with Crippen molar-refractivity contribution in [2.45, 2.75) is 19.9 Å². The number of rotatable bonds is 7. The van der Waals surface area contributed by atoms with Gasteiger partial charge in [0.05, 0.1) is 18.5 Å². The average Bonchev–Trinajstić information content (AvgIpc) is 2.76. The van der Waals surface area contributed by atoms with E-state index in [1.165, 1.54) is 0 Å². The molecular weight excluding hydrogens is 252 g/mol. The van der Waals surface area contributed by atoms with E-state index < -0.39 is 5.97 Å². The fourth-order valence-electron chi connectivity index (χ4n) is 1.26. The summed E-state index contributed by atoms with van der Waals surface area (Å²) in [6.07, 6.45) is 3.28. The summed E-state index contributed by atoms with van der Waals surface area (Å²) in [5.41, 5.74) is 0.595. The lowest BCUT2D eigenvalue weighted by Crippen LogP contribution is -2.31. The second-order valence-electron chi connectivity index (χ2n) is 4.13. The van der Waals surface area contributed by atoms with Crippen LogP contribution in [-0.4, -0.2) is 46.6 Å². The number of nitrogens with zero attached hydrogens (tertiary/aromatic N) is 2. The molecule has 0 unspecified atom stereocenters. The van der Waals surface area contributed by atoms with Gasteiger partial charge in [-0.1, -0.05) is 0 Å². The number of amides is 2. The van der Waals surface area contributed by atoms with Gasteiger partial charge in [-0.2, -0.15) is 5.10 Å². The number of hydrogen-bond donors (Lipinski definition) is 3. The molecule has 0 spiro atoms. The molecule has 8 nitrogen and oxygen atoms in total. The highest BCUT2D eigenvalue weighted by molar-refractivity contribution is 5.88. The molecule has 0 saturated carbocycles. The van der Waals surface area contributed by atoms with Gasteiger partial charge in [0, 0.05) is 18.8 Å². The number of aromatic nitrogens is 2. The maximum absolute atomic E-state index is 11.5. The molecule has 0 saturated heterocycles. The zero-order valence-corrected chi connectivity index (χ0v) is 10.9. The Labute approximate surface area is 110 Å². The molecule has 19 heavy (non-hydrogen) atoms. The van der Waals surface area contributed by atoms with Crippen LogP contribution in [0.5, 0.6) is 0 Å². The van der Waals surface area contributed by atoms with E-state index in [0.717, 1.165) is 0 Å². The van der Waals surface area contributed by atoms with Gasteiger partial charge < -0.3 is 20.5 Å². The third kappa shape index (κ3) is 5.87. The first kappa shape index (κ1) is 15.0. The van der Waals surface area contributed by atoms with Gasteiger partial charge in [-0.3, -0.25) is 4.68 Å². The predicted molar refractivity (Wildman–Crippen MR) is 68.1 cm³/mol. The highest BCUT2D eigenvalue weighted by Crippen LogP contribution is 2.09. The molecule has 0 aliphatic heterocycles. The molecule has 2 amide bonds. The van der Waals surface area contributed by atoms with Crippen LogP contribution in [-0.2, 0) is 9.53 Å². The SMILES string of the molecule is CC(C)n1cc(NC(=O)NCCOCC(=O)O)cn1. The van der Waals surface area contributed by atoms with Gasteiger partial charge in [-0.15, -0.1) is 0 Å². The van der Waals surface area contributed by atoms with Crippen LogP contribution < -0.4 is 10.6 Å². The Bertz CT molecular complexity index is 430. The molecule has 0 aliphatic rings. The van der Waals surface area contributed by atoms with Gasteiger partial charge in [-0.25, -0.2) is 9.59 Å². The molecule has 106 valence electrons. The topological polar surface area (TPSA) is 105 Å². The van der Waals surface area contributed by atoms with Crippen LogP contribution in [0.15, 0.2) is 12.4 Å². The van der Waals surface area contributed by atoms with Gasteiger partial charge in [0.2, 0.25) is 0 Å². The fourth-order valence-corrected chi connectivity index (χ4v) is 1.26. The molecule has 0 fully saturated rings. The van der Waals surface area contributed by atoms with E-state index in [4.69, 9.17) is 9.84 Å². The van der Waals surface area contributed by atoms with Crippen LogP contribution >= 0.6 is 0 Å². The summed E-state index contributed by atoms with van der Waals surface area (Å²) in [7, 11) is 0. The Morgan fingerprint density at radius 2 is 2.26 bits per heavy atom. The second-order valence-corrected chi connectivity index (χ2v) is 4.13. The number of ether oxygens (including phenoxy) is 1. The van der Waals surface area contributed by atoms with E-state index in [1.54, 1.807) is 17.1 Å². The Morgan fingerprint density at radius 3 is 2.84 bits per heavy atom.